The molecule has 1 spiro atoms. The van der Waals surface area contributed by atoms with Crippen molar-refractivity contribution in [3.63, 3.8) is 0 Å². The molecule has 1 aromatic rings. The molecular weight excluding hydrogens is 388 g/mol. The molecule has 27 heavy (non-hydrogen) atoms. The van der Waals surface area contributed by atoms with Crippen molar-refractivity contribution in [2.24, 2.45) is 9.81 Å². The Morgan fingerprint density at radius 2 is 1.96 bits per heavy atom. The number of likely N-dealkylation sites (N-methyl/N-ethyl adjacent to an activating group) is 1. The number of likely N-dealkylation sites (tertiary alicyclic amines) is 1. The van der Waals surface area contributed by atoms with E-state index in [0.717, 1.165) is 39.0 Å². The van der Waals surface area contributed by atoms with Crippen LogP contribution in [0.5, 0.6) is 0 Å². The summed E-state index contributed by atoms with van der Waals surface area (Å²) in [6.07, 6.45) is 3.27. The van der Waals surface area contributed by atoms with Gasteiger partial charge in [-0.3, -0.25) is 4.79 Å². The number of amidine groups is 1. The first kappa shape index (κ1) is 20.1. The highest BCUT2D eigenvalue weighted by atomic mass is 35.5. The maximum Gasteiger partial charge on any atom is 0.285 e. The normalized spacial score (nSPS) is 22.1. The van der Waals surface area contributed by atoms with Gasteiger partial charge in [0.1, 0.15) is 4.90 Å². The Hall–Kier alpha value is -1.64. The first-order chi connectivity index (χ1) is 12.4. The van der Waals surface area contributed by atoms with E-state index in [9.17, 15) is 13.2 Å². The van der Waals surface area contributed by atoms with Crippen molar-refractivity contribution in [3.05, 3.63) is 29.8 Å². The highest BCUT2D eigenvalue weighted by Crippen LogP contribution is 2.37. The Bertz CT molecular complexity index is 855. The Kier molecular flexibility index (Phi) is 5.52. The smallest absolute Gasteiger partial charge is 0.285 e. The van der Waals surface area contributed by atoms with Crippen LogP contribution in [-0.2, 0) is 14.8 Å². The quantitative estimate of drug-likeness (QED) is 0.786. The molecule has 2 fully saturated rings. The molecule has 7 nitrogen and oxygen atoms in total. The molecule has 2 saturated heterocycles. The molecule has 1 aromatic carbocycles. The Labute approximate surface area is 166 Å². The third-order valence-electron chi connectivity index (χ3n) is 5.86. The van der Waals surface area contributed by atoms with Crippen LogP contribution in [0.25, 0.3) is 0 Å². The van der Waals surface area contributed by atoms with Crippen LogP contribution < -0.4 is 5.32 Å². The van der Waals surface area contributed by atoms with Gasteiger partial charge in [-0.25, -0.2) is 0 Å². The number of fused-ring (bicyclic) bond motifs is 1. The summed E-state index contributed by atoms with van der Waals surface area (Å²) in [5.41, 5.74) is 0.933. The second-order valence-electron chi connectivity index (χ2n) is 7.55. The minimum Gasteiger partial charge on any atom is -0.349 e. The van der Waals surface area contributed by atoms with E-state index in [1.807, 2.05) is 4.90 Å². The number of piperidine rings is 1. The summed E-state index contributed by atoms with van der Waals surface area (Å²) in [6.45, 7) is 3.81. The number of sulfonamides is 1. The second-order valence-corrected chi connectivity index (χ2v) is 9.12. The third kappa shape index (κ3) is 3.70. The Balaban J connectivity index is 0.00000210. The summed E-state index contributed by atoms with van der Waals surface area (Å²) < 4.78 is 28.2. The number of hydrogen-bond donors (Lipinski definition) is 1. The molecule has 1 amide bonds. The van der Waals surface area contributed by atoms with Crippen molar-refractivity contribution in [2.45, 2.75) is 24.2 Å². The zero-order valence-electron chi connectivity index (χ0n) is 15.3. The lowest BCUT2D eigenvalue weighted by Crippen LogP contribution is -2.47. The molecule has 4 rings (SSSR count). The first-order valence-electron chi connectivity index (χ1n) is 9.04. The number of amides is 1. The monoisotopic (exact) mass is 412 g/mol. The predicted molar refractivity (Wildman–Crippen MR) is 106 cm³/mol. The minimum absolute atomic E-state index is 0. The first-order valence-corrected chi connectivity index (χ1v) is 10.5. The average molecular weight is 413 g/mol. The molecule has 0 aliphatic carbocycles. The number of rotatable bonds is 2. The average Bonchev–Trinajstić information content (AvgIpc) is 3.18. The molecule has 0 bridgehead atoms. The summed E-state index contributed by atoms with van der Waals surface area (Å²) in [5.74, 6) is 0.375. The van der Waals surface area contributed by atoms with Gasteiger partial charge in [0.15, 0.2) is 5.84 Å². The van der Waals surface area contributed by atoms with E-state index in [-0.39, 0.29) is 29.8 Å². The van der Waals surface area contributed by atoms with Gasteiger partial charge in [0.25, 0.3) is 10.0 Å². The summed E-state index contributed by atoms with van der Waals surface area (Å²) in [7, 11) is -1.94. The van der Waals surface area contributed by atoms with Crippen molar-refractivity contribution in [2.75, 3.05) is 39.8 Å². The van der Waals surface area contributed by atoms with Gasteiger partial charge >= 0.3 is 0 Å². The maximum atomic E-state index is 12.7. The van der Waals surface area contributed by atoms with Crippen molar-refractivity contribution in [1.29, 1.82) is 0 Å². The van der Waals surface area contributed by atoms with Gasteiger partial charge in [-0.1, -0.05) is 12.1 Å². The van der Waals surface area contributed by atoms with E-state index >= 15 is 0 Å². The highest BCUT2D eigenvalue weighted by molar-refractivity contribution is 7.90. The van der Waals surface area contributed by atoms with Gasteiger partial charge < -0.3 is 15.1 Å². The molecule has 0 unspecified atom stereocenters. The van der Waals surface area contributed by atoms with Gasteiger partial charge in [-0.15, -0.1) is 16.8 Å². The van der Waals surface area contributed by atoms with Crippen LogP contribution in [0.2, 0.25) is 0 Å². The van der Waals surface area contributed by atoms with Crippen LogP contribution in [0.15, 0.2) is 33.6 Å². The molecule has 0 atom stereocenters. The van der Waals surface area contributed by atoms with Crippen LogP contribution in [0, 0.1) is 5.41 Å². The minimum atomic E-state index is -3.66. The number of carbonyl (C=O) groups is 1. The van der Waals surface area contributed by atoms with Gasteiger partial charge in [0.05, 0.1) is 6.54 Å². The van der Waals surface area contributed by atoms with Crippen LogP contribution >= 0.6 is 12.4 Å². The zero-order valence-corrected chi connectivity index (χ0v) is 17.0. The molecule has 3 aliphatic heterocycles. The number of carbonyl (C=O) groups excluding carboxylic acids is 1. The molecular formula is C18H25ClN4O3S. The van der Waals surface area contributed by atoms with Crippen LogP contribution in [-0.4, -0.2) is 69.7 Å². The SMILES string of the molecule is CN(CC(=O)N1CCC2(CCNC2)CC1)C1=NS(=O)(=O)c2ccccc21.Cl. The van der Waals surface area contributed by atoms with Crippen LogP contribution in [0.4, 0.5) is 0 Å². The Morgan fingerprint density at radius 1 is 1.26 bits per heavy atom. The molecule has 3 aliphatic rings. The summed E-state index contributed by atoms with van der Waals surface area (Å²) in [5, 5.41) is 3.43. The summed E-state index contributed by atoms with van der Waals surface area (Å²) in [4.78, 5) is 16.5. The molecule has 0 radical (unpaired) electrons. The van der Waals surface area contributed by atoms with E-state index in [4.69, 9.17) is 0 Å². The van der Waals surface area contributed by atoms with Gasteiger partial charge in [-0.05, 0) is 43.4 Å². The van der Waals surface area contributed by atoms with Gasteiger partial charge in [0, 0.05) is 32.2 Å². The van der Waals surface area contributed by atoms with E-state index in [1.54, 1.807) is 36.2 Å². The molecule has 3 heterocycles. The van der Waals surface area contributed by atoms with Crippen LogP contribution in [0.3, 0.4) is 0 Å². The zero-order chi connectivity index (χ0) is 18.4. The number of nitrogens with one attached hydrogen (secondary N) is 1. The molecule has 0 saturated carbocycles. The van der Waals surface area contributed by atoms with Crippen molar-refractivity contribution in [3.8, 4) is 0 Å². The maximum absolute atomic E-state index is 12.7. The lowest BCUT2D eigenvalue weighted by Gasteiger charge is -2.39. The lowest BCUT2D eigenvalue weighted by atomic mass is 9.78. The molecule has 148 valence electrons. The fraction of sp³-hybridized carbons (Fsp3) is 0.556. The largest absolute Gasteiger partial charge is 0.349 e. The van der Waals surface area contributed by atoms with Crippen molar-refractivity contribution < 1.29 is 13.2 Å². The molecule has 1 N–H and O–H groups in total. The molecule has 0 aromatic heterocycles. The standard InChI is InChI=1S/C18H24N4O3S.ClH/c1-21(17-14-4-2-3-5-15(14)26(24,25)20-17)12-16(23)22-10-7-18(8-11-22)6-9-19-13-18;/h2-5,19H,6-13H2,1H3;1H. The summed E-state index contributed by atoms with van der Waals surface area (Å²) in [6, 6.07) is 6.75. The van der Waals surface area contributed by atoms with Gasteiger partial charge in [0.2, 0.25) is 5.91 Å². The predicted octanol–water partition coefficient (Wildman–Crippen LogP) is 1.09. The van der Waals surface area contributed by atoms with Gasteiger partial charge in [-0.2, -0.15) is 8.42 Å². The van der Waals surface area contributed by atoms with Crippen LogP contribution in [0.1, 0.15) is 24.8 Å². The fourth-order valence-corrected chi connectivity index (χ4v) is 5.45. The Morgan fingerprint density at radius 3 is 2.63 bits per heavy atom. The van der Waals surface area contributed by atoms with E-state index in [1.165, 1.54) is 6.42 Å². The molecule has 9 heteroatoms. The van der Waals surface area contributed by atoms with Crippen molar-refractivity contribution >= 4 is 34.2 Å². The fourth-order valence-electron chi connectivity index (χ4n) is 4.19. The lowest BCUT2D eigenvalue weighted by molar-refractivity contribution is -0.133. The van der Waals surface area contributed by atoms with E-state index in [2.05, 4.69) is 9.71 Å². The second kappa shape index (κ2) is 7.41. The number of nitrogens with zero attached hydrogens (tertiary/aromatic N) is 3. The third-order valence-corrected chi connectivity index (χ3v) is 7.18. The van der Waals surface area contributed by atoms with Crippen molar-refractivity contribution in [1.82, 2.24) is 15.1 Å². The topological polar surface area (TPSA) is 82.1 Å². The van der Waals surface area contributed by atoms with E-state index in [0.29, 0.717) is 16.8 Å². The highest BCUT2D eigenvalue weighted by Gasteiger charge is 2.38. The number of benzene rings is 1. The summed E-state index contributed by atoms with van der Waals surface area (Å²) >= 11 is 0. The number of halogens is 1. The van der Waals surface area contributed by atoms with E-state index < -0.39 is 10.0 Å². The number of hydrogen-bond acceptors (Lipinski definition) is 5.